The van der Waals surface area contributed by atoms with E-state index >= 15 is 0 Å². The second kappa shape index (κ2) is 12.3. The van der Waals surface area contributed by atoms with Gasteiger partial charge in [0.2, 0.25) is 0 Å². The molecule has 1 unspecified atom stereocenters. The number of carbonyl (C=O) groups excluding carboxylic acids is 1. The molecule has 6 nitrogen and oxygen atoms in total. The van der Waals surface area contributed by atoms with Crippen LogP contribution in [0.1, 0.15) is 59.2 Å². The number of aryl methyl sites for hydroxylation is 2. The lowest BCUT2D eigenvalue weighted by Crippen LogP contribution is -2.29. The number of hydrogen-bond acceptors (Lipinski definition) is 5. The highest BCUT2D eigenvalue weighted by Gasteiger charge is 2.19. The largest absolute Gasteiger partial charge is 0.488 e. The highest BCUT2D eigenvalue weighted by Crippen LogP contribution is 2.24. The molecule has 0 saturated carbocycles. The average Bonchev–Trinajstić information content (AvgIpc) is 3.32. The van der Waals surface area contributed by atoms with Gasteiger partial charge in [0.05, 0.1) is 11.6 Å². The summed E-state index contributed by atoms with van der Waals surface area (Å²) in [6, 6.07) is 25.6. The number of ether oxygens (including phenoxy) is 1. The first-order valence-corrected chi connectivity index (χ1v) is 12.6. The number of para-hydroxylation sites is 1. The molecule has 1 aromatic heterocycles. The number of nitrogens with zero attached hydrogens (tertiary/aromatic N) is 1. The molecule has 0 radical (unpaired) electrons. The van der Waals surface area contributed by atoms with Gasteiger partial charge in [-0.25, -0.2) is 5.16 Å². The third kappa shape index (κ3) is 7.15. The molecule has 0 aliphatic carbocycles. The van der Waals surface area contributed by atoms with E-state index in [2.05, 4.69) is 53.6 Å². The second-order valence-corrected chi connectivity index (χ2v) is 9.55. The van der Waals surface area contributed by atoms with Crippen molar-refractivity contribution >= 4 is 18.1 Å². The lowest BCUT2D eigenvalue weighted by molar-refractivity contribution is 0.0927. The molecule has 1 atom stereocenters. The third-order valence-electron chi connectivity index (χ3n) is 5.90. The van der Waals surface area contributed by atoms with Gasteiger partial charge >= 0.3 is 4.84 Å². The van der Waals surface area contributed by atoms with Gasteiger partial charge in [-0.2, -0.15) is 4.98 Å². The predicted octanol–water partition coefficient (Wildman–Crippen LogP) is 6.61. The Kier molecular flexibility index (Phi) is 8.68. The quantitative estimate of drug-likeness (QED) is 0.226. The standard InChI is InChI=1S/C29H31N3O3S/c1-20(2)18-25(23-8-4-3-5-9-23)30-28(33)24-10-6-7-11-26(24)34-19-22-14-12-21(13-15-22)16-17-27-31-29(36)35-32-27/h3-15,20,25H,16-19H2,1-2H3,(H,30,33)(H,31,32,36). The van der Waals surface area contributed by atoms with Crippen LogP contribution in [0.2, 0.25) is 0 Å². The minimum atomic E-state index is -0.137. The Labute approximate surface area is 216 Å². The molecule has 0 bridgehead atoms. The summed E-state index contributed by atoms with van der Waals surface area (Å²) in [6.07, 6.45) is 2.40. The first kappa shape index (κ1) is 25.4. The molecule has 1 heterocycles. The summed E-state index contributed by atoms with van der Waals surface area (Å²) in [5.41, 5.74) is 3.84. The molecule has 0 fully saturated rings. The van der Waals surface area contributed by atoms with Crippen molar-refractivity contribution < 1.29 is 14.1 Å². The van der Waals surface area contributed by atoms with Crippen LogP contribution in [0, 0.1) is 10.8 Å². The van der Waals surface area contributed by atoms with Crippen molar-refractivity contribution in [2.45, 2.75) is 45.8 Å². The minimum Gasteiger partial charge on any atom is -0.488 e. The zero-order valence-corrected chi connectivity index (χ0v) is 21.4. The number of aromatic nitrogens is 2. The Morgan fingerprint density at radius 3 is 2.36 bits per heavy atom. The van der Waals surface area contributed by atoms with Gasteiger partial charge in [0.1, 0.15) is 18.2 Å². The fourth-order valence-electron chi connectivity index (χ4n) is 4.04. The Balaban J connectivity index is 1.38. The smallest absolute Gasteiger partial charge is 0.314 e. The van der Waals surface area contributed by atoms with Gasteiger partial charge in [0.15, 0.2) is 0 Å². The van der Waals surface area contributed by atoms with E-state index in [1.165, 1.54) is 5.56 Å². The van der Waals surface area contributed by atoms with Gasteiger partial charge in [-0.1, -0.05) is 80.6 Å². The van der Waals surface area contributed by atoms with E-state index in [0.29, 0.717) is 23.8 Å². The summed E-state index contributed by atoms with van der Waals surface area (Å²) in [4.78, 5) is 17.6. The van der Waals surface area contributed by atoms with Gasteiger partial charge < -0.3 is 14.6 Å². The van der Waals surface area contributed by atoms with Crippen molar-refractivity contribution in [1.82, 2.24) is 15.5 Å². The van der Waals surface area contributed by atoms with E-state index in [1.807, 2.05) is 48.5 Å². The van der Waals surface area contributed by atoms with Crippen LogP contribution < -0.4 is 10.1 Å². The van der Waals surface area contributed by atoms with Crippen LogP contribution in [-0.4, -0.2) is 16.0 Å². The van der Waals surface area contributed by atoms with Crippen molar-refractivity contribution in [2.75, 3.05) is 0 Å². The molecule has 4 aromatic rings. The van der Waals surface area contributed by atoms with Crippen molar-refractivity contribution in [3.63, 3.8) is 0 Å². The summed E-state index contributed by atoms with van der Waals surface area (Å²) in [6.45, 7) is 4.69. The minimum absolute atomic E-state index is 0.0631. The number of benzene rings is 3. The highest BCUT2D eigenvalue weighted by atomic mass is 32.1. The molecule has 3 aromatic carbocycles. The van der Waals surface area contributed by atoms with Gasteiger partial charge in [0, 0.05) is 6.42 Å². The van der Waals surface area contributed by atoms with E-state index < -0.39 is 0 Å². The predicted molar refractivity (Wildman–Crippen MR) is 142 cm³/mol. The van der Waals surface area contributed by atoms with Gasteiger partial charge in [-0.05, 0) is 59.8 Å². The topological polar surface area (TPSA) is 80.2 Å². The van der Waals surface area contributed by atoms with E-state index in [0.717, 1.165) is 36.2 Å². The molecule has 0 aliphatic heterocycles. The Morgan fingerprint density at radius 1 is 0.972 bits per heavy atom. The third-order valence-corrected chi connectivity index (χ3v) is 6.07. The van der Waals surface area contributed by atoms with Gasteiger partial charge in [-0.3, -0.25) is 4.79 Å². The van der Waals surface area contributed by atoms with E-state index in [4.69, 9.17) is 21.5 Å². The molecule has 36 heavy (non-hydrogen) atoms. The number of H-pyrrole nitrogens is 1. The molecule has 1 amide bonds. The second-order valence-electron chi connectivity index (χ2n) is 9.20. The van der Waals surface area contributed by atoms with E-state index in [1.54, 1.807) is 6.07 Å². The molecule has 0 saturated heterocycles. The number of hydrogen-bond donors (Lipinski definition) is 2. The summed E-state index contributed by atoms with van der Waals surface area (Å²) < 4.78 is 11.1. The number of carbonyl (C=O) groups is 1. The van der Waals surface area contributed by atoms with Crippen LogP contribution in [0.15, 0.2) is 83.4 Å². The van der Waals surface area contributed by atoms with Gasteiger partial charge in [-0.15, -0.1) is 0 Å². The summed E-state index contributed by atoms with van der Waals surface area (Å²) in [5.74, 6) is 1.61. The van der Waals surface area contributed by atoms with Crippen LogP contribution in [0.5, 0.6) is 5.75 Å². The molecule has 0 aliphatic rings. The lowest BCUT2D eigenvalue weighted by Gasteiger charge is -2.22. The van der Waals surface area contributed by atoms with Crippen LogP contribution in [0.3, 0.4) is 0 Å². The number of aromatic amines is 1. The summed E-state index contributed by atoms with van der Waals surface area (Å²) in [5, 5.41) is 5.94. The lowest BCUT2D eigenvalue weighted by atomic mass is 9.96. The van der Waals surface area contributed by atoms with Crippen LogP contribution in [0.4, 0.5) is 0 Å². The van der Waals surface area contributed by atoms with E-state index in [9.17, 15) is 4.79 Å². The molecule has 2 N–H and O–H groups in total. The van der Waals surface area contributed by atoms with E-state index in [-0.39, 0.29) is 16.8 Å². The normalized spacial score (nSPS) is 11.9. The van der Waals surface area contributed by atoms with Crippen molar-refractivity contribution in [3.05, 3.63) is 112 Å². The molecular formula is C29H31N3O3S. The van der Waals surface area contributed by atoms with Crippen molar-refractivity contribution in [1.29, 1.82) is 0 Å². The van der Waals surface area contributed by atoms with Crippen molar-refractivity contribution in [3.8, 4) is 5.75 Å². The zero-order chi connectivity index (χ0) is 25.3. The first-order valence-electron chi connectivity index (χ1n) is 12.2. The fraction of sp³-hybridized carbons (Fsp3) is 0.276. The summed E-state index contributed by atoms with van der Waals surface area (Å²) >= 11 is 4.89. The molecular weight excluding hydrogens is 470 g/mol. The molecule has 186 valence electrons. The molecule has 7 heteroatoms. The molecule has 4 rings (SSSR count). The maximum absolute atomic E-state index is 13.3. The van der Waals surface area contributed by atoms with Crippen LogP contribution in [-0.2, 0) is 19.4 Å². The van der Waals surface area contributed by atoms with Crippen molar-refractivity contribution in [2.24, 2.45) is 5.92 Å². The Morgan fingerprint density at radius 2 is 1.67 bits per heavy atom. The fourth-order valence-corrected chi connectivity index (χ4v) is 4.19. The number of nitrogens with one attached hydrogen (secondary N) is 2. The maximum Gasteiger partial charge on any atom is 0.314 e. The number of rotatable bonds is 11. The van der Waals surface area contributed by atoms with Crippen LogP contribution >= 0.6 is 12.2 Å². The monoisotopic (exact) mass is 501 g/mol. The zero-order valence-electron chi connectivity index (χ0n) is 20.6. The Bertz CT molecular complexity index is 1310. The first-order chi connectivity index (χ1) is 17.5. The summed E-state index contributed by atoms with van der Waals surface area (Å²) in [7, 11) is 0. The number of amides is 1. The maximum atomic E-state index is 13.3. The Hall–Kier alpha value is -3.71. The molecule has 0 spiro atoms. The average molecular weight is 502 g/mol. The SMILES string of the molecule is CC(C)CC(NC(=O)c1ccccc1OCc1ccc(CCc2nc(=S)o[nH]2)cc1)c1ccccc1. The van der Waals surface area contributed by atoms with Crippen LogP contribution in [0.25, 0.3) is 0 Å². The van der Waals surface area contributed by atoms with Gasteiger partial charge in [0.25, 0.3) is 5.91 Å². The highest BCUT2D eigenvalue weighted by molar-refractivity contribution is 7.71.